The summed E-state index contributed by atoms with van der Waals surface area (Å²) in [7, 11) is -0.157. The van der Waals surface area contributed by atoms with E-state index in [1.165, 1.54) is 5.56 Å². The van der Waals surface area contributed by atoms with Crippen molar-refractivity contribution in [2.75, 3.05) is 0 Å². The predicted octanol–water partition coefficient (Wildman–Crippen LogP) is 4.96. The van der Waals surface area contributed by atoms with Gasteiger partial charge in [0.05, 0.1) is 11.2 Å². The second-order valence-electron chi connectivity index (χ2n) is 6.85. The Hall–Kier alpha value is -1.06. The molecule has 3 heteroatoms. The van der Waals surface area contributed by atoms with Crippen LogP contribution in [0.4, 0.5) is 0 Å². The fraction of sp³-hybridized carbons (Fsp3) is 0.556. The standard InChI is InChI=1S/C18H27BO2/c1-6-10-16(14-13-15-11-8-7-9-12-15)19-20-17(2,3)18(4,5)21-19/h7-9,11-14,16H,6,10H2,1-5H3/b14-13+. The van der Waals surface area contributed by atoms with Crippen molar-refractivity contribution in [2.45, 2.75) is 64.5 Å². The van der Waals surface area contributed by atoms with Crippen LogP contribution in [0.2, 0.25) is 5.82 Å². The van der Waals surface area contributed by atoms with Crippen LogP contribution in [-0.4, -0.2) is 18.3 Å². The van der Waals surface area contributed by atoms with E-state index >= 15 is 0 Å². The normalized spacial score (nSPS) is 21.9. The molecule has 1 aliphatic rings. The molecule has 21 heavy (non-hydrogen) atoms. The van der Waals surface area contributed by atoms with Crippen LogP contribution >= 0.6 is 0 Å². The van der Waals surface area contributed by atoms with E-state index in [9.17, 15) is 0 Å². The number of hydrogen-bond acceptors (Lipinski definition) is 2. The highest BCUT2D eigenvalue weighted by molar-refractivity contribution is 6.48. The van der Waals surface area contributed by atoms with Crippen LogP contribution in [-0.2, 0) is 9.31 Å². The summed E-state index contributed by atoms with van der Waals surface area (Å²) in [5, 5.41) is 0. The maximum Gasteiger partial charge on any atom is 0.465 e. The van der Waals surface area contributed by atoms with Crippen molar-refractivity contribution in [2.24, 2.45) is 0 Å². The quantitative estimate of drug-likeness (QED) is 0.712. The molecular formula is C18H27BO2. The van der Waals surface area contributed by atoms with Crippen LogP contribution < -0.4 is 0 Å². The molecule has 1 atom stereocenters. The molecule has 1 aromatic carbocycles. The maximum atomic E-state index is 6.19. The van der Waals surface area contributed by atoms with Gasteiger partial charge >= 0.3 is 7.12 Å². The van der Waals surface area contributed by atoms with Crippen molar-refractivity contribution in [1.82, 2.24) is 0 Å². The van der Waals surface area contributed by atoms with Gasteiger partial charge in [-0.05, 0) is 39.7 Å². The second kappa shape index (κ2) is 6.37. The molecule has 2 nitrogen and oxygen atoms in total. The molecule has 1 aliphatic heterocycles. The highest BCUT2D eigenvalue weighted by Gasteiger charge is 2.52. The zero-order valence-corrected chi connectivity index (χ0v) is 13.9. The van der Waals surface area contributed by atoms with Crippen molar-refractivity contribution in [3.63, 3.8) is 0 Å². The van der Waals surface area contributed by atoms with E-state index in [1.54, 1.807) is 0 Å². The SMILES string of the molecule is CCCC(/C=C/c1ccccc1)B1OC(C)(C)C(C)(C)O1. The summed E-state index contributed by atoms with van der Waals surface area (Å²) in [5.41, 5.74) is 0.698. The van der Waals surface area contributed by atoms with Crippen molar-refractivity contribution in [3.05, 3.63) is 42.0 Å². The lowest BCUT2D eigenvalue weighted by molar-refractivity contribution is 0.00578. The van der Waals surface area contributed by atoms with Crippen LogP contribution in [0.1, 0.15) is 53.0 Å². The van der Waals surface area contributed by atoms with E-state index in [0.717, 1.165) is 12.8 Å². The Balaban J connectivity index is 2.12. The highest BCUT2D eigenvalue weighted by atomic mass is 16.7. The average Bonchev–Trinajstić information content (AvgIpc) is 2.64. The molecule has 114 valence electrons. The zero-order chi connectivity index (χ0) is 15.5. The Morgan fingerprint density at radius 1 is 1.05 bits per heavy atom. The van der Waals surface area contributed by atoms with E-state index in [4.69, 9.17) is 9.31 Å². The Morgan fingerprint density at radius 3 is 2.14 bits per heavy atom. The van der Waals surface area contributed by atoms with E-state index in [-0.39, 0.29) is 24.1 Å². The molecule has 0 saturated carbocycles. The van der Waals surface area contributed by atoms with Gasteiger partial charge in [-0.3, -0.25) is 0 Å². The maximum absolute atomic E-state index is 6.19. The summed E-state index contributed by atoms with van der Waals surface area (Å²) in [4.78, 5) is 0. The first-order valence-electron chi connectivity index (χ1n) is 7.94. The van der Waals surface area contributed by atoms with E-state index < -0.39 is 0 Å². The Morgan fingerprint density at radius 2 is 1.62 bits per heavy atom. The van der Waals surface area contributed by atoms with Crippen LogP contribution in [0, 0.1) is 0 Å². The minimum atomic E-state index is -0.260. The summed E-state index contributed by atoms with van der Waals surface area (Å²) in [5.74, 6) is 0.288. The fourth-order valence-electron chi connectivity index (χ4n) is 2.52. The number of rotatable bonds is 5. The van der Waals surface area contributed by atoms with Gasteiger partial charge in [0.25, 0.3) is 0 Å². The van der Waals surface area contributed by atoms with Gasteiger partial charge in [-0.15, -0.1) is 0 Å². The fourth-order valence-corrected chi connectivity index (χ4v) is 2.52. The van der Waals surface area contributed by atoms with Gasteiger partial charge in [0.1, 0.15) is 0 Å². The van der Waals surface area contributed by atoms with Gasteiger partial charge in [-0.1, -0.05) is 55.8 Å². The van der Waals surface area contributed by atoms with E-state index in [1.807, 2.05) is 6.07 Å². The summed E-state index contributed by atoms with van der Waals surface area (Å²) in [6.45, 7) is 10.6. The van der Waals surface area contributed by atoms with Crippen LogP contribution in [0.15, 0.2) is 36.4 Å². The molecule has 1 fully saturated rings. The van der Waals surface area contributed by atoms with Crippen LogP contribution in [0.25, 0.3) is 6.08 Å². The minimum absolute atomic E-state index is 0.157. The first-order valence-corrected chi connectivity index (χ1v) is 7.94. The topological polar surface area (TPSA) is 18.5 Å². The smallest absolute Gasteiger partial charge is 0.403 e. The molecule has 2 rings (SSSR count). The lowest BCUT2D eigenvalue weighted by Gasteiger charge is -2.32. The third-order valence-corrected chi connectivity index (χ3v) is 4.58. The van der Waals surface area contributed by atoms with Crippen molar-refractivity contribution >= 4 is 13.2 Å². The first-order chi connectivity index (χ1) is 9.86. The molecular weight excluding hydrogens is 259 g/mol. The monoisotopic (exact) mass is 286 g/mol. The Labute approximate surface area is 129 Å². The highest BCUT2D eigenvalue weighted by Crippen LogP contribution is 2.41. The molecule has 0 amide bonds. The molecule has 0 aromatic heterocycles. The number of allylic oxidation sites excluding steroid dienone is 1. The number of hydrogen-bond donors (Lipinski definition) is 0. The van der Waals surface area contributed by atoms with Crippen molar-refractivity contribution in [3.8, 4) is 0 Å². The van der Waals surface area contributed by atoms with Gasteiger partial charge < -0.3 is 9.31 Å². The van der Waals surface area contributed by atoms with E-state index in [2.05, 4.69) is 71.0 Å². The molecule has 0 spiro atoms. The Bertz CT molecular complexity index is 463. The minimum Gasteiger partial charge on any atom is -0.403 e. The predicted molar refractivity (Wildman–Crippen MR) is 90.2 cm³/mol. The van der Waals surface area contributed by atoms with Crippen molar-refractivity contribution < 1.29 is 9.31 Å². The van der Waals surface area contributed by atoms with Gasteiger partial charge in [0.15, 0.2) is 0 Å². The molecule has 0 N–H and O–H groups in total. The molecule has 1 saturated heterocycles. The number of benzene rings is 1. The summed E-state index contributed by atoms with van der Waals surface area (Å²) in [6.07, 6.45) is 6.60. The first kappa shape index (κ1) is 16.3. The summed E-state index contributed by atoms with van der Waals surface area (Å²) >= 11 is 0. The van der Waals surface area contributed by atoms with Gasteiger partial charge in [0.2, 0.25) is 0 Å². The second-order valence-corrected chi connectivity index (χ2v) is 6.85. The van der Waals surface area contributed by atoms with Gasteiger partial charge in [0, 0.05) is 5.82 Å². The van der Waals surface area contributed by atoms with Gasteiger partial charge in [-0.25, -0.2) is 0 Å². The van der Waals surface area contributed by atoms with Crippen LogP contribution in [0.5, 0.6) is 0 Å². The molecule has 0 radical (unpaired) electrons. The van der Waals surface area contributed by atoms with Crippen molar-refractivity contribution in [1.29, 1.82) is 0 Å². The molecule has 0 aliphatic carbocycles. The molecule has 1 aromatic rings. The molecule has 1 unspecified atom stereocenters. The zero-order valence-electron chi connectivity index (χ0n) is 13.9. The summed E-state index contributed by atoms with van der Waals surface area (Å²) < 4.78 is 12.4. The van der Waals surface area contributed by atoms with E-state index in [0.29, 0.717) is 0 Å². The third-order valence-electron chi connectivity index (χ3n) is 4.58. The molecule has 0 bridgehead atoms. The largest absolute Gasteiger partial charge is 0.465 e. The summed E-state index contributed by atoms with van der Waals surface area (Å²) in [6, 6.07) is 10.4. The molecule has 1 heterocycles. The average molecular weight is 286 g/mol. The van der Waals surface area contributed by atoms with Crippen LogP contribution in [0.3, 0.4) is 0 Å². The Kier molecular flexibility index (Phi) is 4.95. The third kappa shape index (κ3) is 3.78. The lowest BCUT2D eigenvalue weighted by Crippen LogP contribution is -2.41. The lowest BCUT2D eigenvalue weighted by atomic mass is 9.69. The van der Waals surface area contributed by atoms with Gasteiger partial charge in [-0.2, -0.15) is 0 Å².